The van der Waals surface area contributed by atoms with Crippen molar-refractivity contribution in [2.75, 3.05) is 39.8 Å². The van der Waals surface area contributed by atoms with Gasteiger partial charge in [0.05, 0.1) is 0 Å². The van der Waals surface area contributed by atoms with Gasteiger partial charge in [-0.3, -0.25) is 4.99 Å². The van der Waals surface area contributed by atoms with Gasteiger partial charge in [-0.25, -0.2) is 0 Å². The molecule has 0 aromatic carbocycles. The van der Waals surface area contributed by atoms with E-state index in [4.69, 9.17) is 0 Å². The standard InChI is InChI=1S/C17H34N4/c1-5-8-15-11-16(15)19-17(18-4)21-10-9-14(13-21)12-20(6-2)7-3/h14-16H,5-13H2,1-4H3,(H,18,19). The lowest BCUT2D eigenvalue weighted by Gasteiger charge is -2.24. The van der Waals surface area contributed by atoms with Crippen LogP contribution in [0.1, 0.15) is 46.5 Å². The van der Waals surface area contributed by atoms with Gasteiger partial charge in [-0.05, 0) is 44.2 Å². The summed E-state index contributed by atoms with van der Waals surface area (Å²) in [6.45, 7) is 12.7. The molecule has 122 valence electrons. The Morgan fingerprint density at radius 1 is 1.29 bits per heavy atom. The van der Waals surface area contributed by atoms with Gasteiger partial charge in [0.1, 0.15) is 0 Å². The lowest BCUT2D eigenvalue weighted by molar-refractivity contribution is 0.255. The highest BCUT2D eigenvalue weighted by molar-refractivity contribution is 5.80. The molecule has 21 heavy (non-hydrogen) atoms. The average molecular weight is 294 g/mol. The Bertz CT molecular complexity index is 338. The zero-order valence-electron chi connectivity index (χ0n) is 14.4. The van der Waals surface area contributed by atoms with E-state index in [-0.39, 0.29) is 0 Å². The summed E-state index contributed by atoms with van der Waals surface area (Å²) in [5, 5.41) is 3.68. The van der Waals surface area contributed by atoms with Crippen molar-refractivity contribution in [3.8, 4) is 0 Å². The van der Waals surface area contributed by atoms with Crippen LogP contribution in [0, 0.1) is 11.8 Å². The van der Waals surface area contributed by atoms with E-state index in [1.807, 2.05) is 7.05 Å². The van der Waals surface area contributed by atoms with Crippen molar-refractivity contribution in [3.63, 3.8) is 0 Å². The second kappa shape index (κ2) is 8.02. The maximum Gasteiger partial charge on any atom is 0.193 e. The van der Waals surface area contributed by atoms with Crippen LogP contribution in [0.3, 0.4) is 0 Å². The summed E-state index contributed by atoms with van der Waals surface area (Å²) in [7, 11) is 1.93. The van der Waals surface area contributed by atoms with Gasteiger partial charge in [-0.15, -0.1) is 0 Å². The molecule has 2 fully saturated rings. The Hall–Kier alpha value is -0.770. The number of nitrogens with zero attached hydrogens (tertiary/aromatic N) is 3. The molecule has 3 unspecified atom stereocenters. The molecule has 1 aliphatic heterocycles. The molecule has 4 heteroatoms. The maximum absolute atomic E-state index is 4.52. The maximum atomic E-state index is 4.52. The van der Waals surface area contributed by atoms with Crippen LogP contribution < -0.4 is 5.32 Å². The highest BCUT2D eigenvalue weighted by atomic mass is 15.3. The fourth-order valence-electron chi connectivity index (χ4n) is 3.60. The number of rotatable bonds is 7. The smallest absolute Gasteiger partial charge is 0.193 e. The van der Waals surface area contributed by atoms with Crippen molar-refractivity contribution in [2.45, 2.75) is 52.5 Å². The number of aliphatic imine (C=N–C) groups is 1. The van der Waals surface area contributed by atoms with E-state index in [0.717, 1.165) is 24.3 Å². The van der Waals surface area contributed by atoms with Crippen molar-refractivity contribution in [3.05, 3.63) is 0 Å². The van der Waals surface area contributed by atoms with E-state index in [0.29, 0.717) is 6.04 Å². The molecule has 1 N–H and O–H groups in total. The number of guanidine groups is 1. The fourth-order valence-corrected chi connectivity index (χ4v) is 3.60. The zero-order valence-corrected chi connectivity index (χ0v) is 14.4. The summed E-state index contributed by atoms with van der Waals surface area (Å²) >= 11 is 0. The normalized spacial score (nSPS) is 29.3. The van der Waals surface area contributed by atoms with Crippen molar-refractivity contribution in [2.24, 2.45) is 16.8 Å². The number of nitrogens with one attached hydrogen (secondary N) is 1. The zero-order chi connectivity index (χ0) is 15.2. The summed E-state index contributed by atoms with van der Waals surface area (Å²) in [4.78, 5) is 9.53. The lowest BCUT2D eigenvalue weighted by atomic mass is 10.1. The van der Waals surface area contributed by atoms with Gasteiger partial charge in [0.2, 0.25) is 0 Å². The molecule has 2 aliphatic rings. The van der Waals surface area contributed by atoms with Crippen LogP contribution in [0.25, 0.3) is 0 Å². The van der Waals surface area contributed by atoms with E-state index in [2.05, 4.69) is 40.9 Å². The predicted molar refractivity (Wildman–Crippen MR) is 90.8 cm³/mol. The van der Waals surface area contributed by atoms with Gasteiger partial charge in [0, 0.05) is 32.7 Å². The Morgan fingerprint density at radius 2 is 2.05 bits per heavy atom. The van der Waals surface area contributed by atoms with Gasteiger partial charge in [0.25, 0.3) is 0 Å². The number of hydrogen-bond donors (Lipinski definition) is 1. The summed E-state index contributed by atoms with van der Waals surface area (Å²) in [6, 6.07) is 0.686. The summed E-state index contributed by atoms with van der Waals surface area (Å²) < 4.78 is 0. The molecule has 2 rings (SSSR count). The fraction of sp³-hybridized carbons (Fsp3) is 0.941. The summed E-state index contributed by atoms with van der Waals surface area (Å²) in [6.07, 6.45) is 5.31. The van der Waals surface area contributed by atoms with Gasteiger partial charge in [-0.1, -0.05) is 27.2 Å². The average Bonchev–Trinajstić information content (AvgIpc) is 3.06. The first kappa shape index (κ1) is 16.6. The van der Waals surface area contributed by atoms with Crippen molar-refractivity contribution in [1.29, 1.82) is 0 Å². The lowest BCUT2D eigenvalue weighted by Crippen LogP contribution is -2.42. The molecule has 0 aromatic heterocycles. The molecule has 0 spiro atoms. The van der Waals surface area contributed by atoms with Crippen molar-refractivity contribution in [1.82, 2.24) is 15.1 Å². The largest absolute Gasteiger partial charge is 0.353 e. The Morgan fingerprint density at radius 3 is 2.67 bits per heavy atom. The highest BCUT2D eigenvalue weighted by Gasteiger charge is 2.38. The molecule has 4 nitrogen and oxygen atoms in total. The molecule has 1 heterocycles. The summed E-state index contributed by atoms with van der Waals surface area (Å²) in [5.41, 5.74) is 0. The first-order valence-electron chi connectivity index (χ1n) is 8.92. The van der Waals surface area contributed by atoms with E-state index in [1.165, 1.54) is 51.9 Å². The molecule has 1 saturated carbocycles. The molecular weight excluding hydrogens is 260 g/mol. The SMILES string of the molecule is CCCC1CC1NC(=NC)N1CCC(CN(CC)CC)C1. The molecule has 1 saturated heterocycles. The first-order chi connectivity index (χ1) is 10.2. The minimum absolute atomic E-state index is 0.686. The number of hydrogen-bond acceptors (Lipinski definition) is 2. The number of likely N-dealkylation sites (tertiary alicyclic amines) is 1. The third-order valence-corrected chi connectivity index (χ3v) is 5.10. The Balaban J connectivity index is 1.76. The molecule has 0 radical (unpaired) electrons. The van der Waals surface area contributed by atoms with Crippen LogP contribution in [0.2, 0.25) is 0 Å². The van der Waals surface area contributed by atoms with Crippen LogP contribution in [-0.2, 0) is 0 Å². The quantitative estimate of drug-likeness (QED) is 0.578. The minimum atomic E-state index is 0.686. The highest BCUT2D eigenvalue weighted by Crippen LogP contribution is 2.34. The minimum Gasteiger partial charge on any atom is -0.353 e. The first-order valence-corrected chi connectivity index (χ1v) is 8.92. The molecule has 0 amide bonds. The second-order valence-electron chi connectivity index (χ2n) is 6.67. The topological polar surface area (TPSA) is 30.9 Å². The molecule has 0 bridgehead atoms. The van der Waals surface area contributed by atoms with Gasteiger partial charge in [0.15, 0.2) is 5.96 Å². The third kappa shape index (κ3) is 4.60. The Labute approximate surface area is 131 Å². The molecule has 1 aliphatic carbocycles. The predicted octanol–water partition coefficient (Wildman–Crippen LogP) is 2.41. The van der Waals surface area contributed by atoms with Crippen molar-refractivity contribution < 1.29 is 0 Å². The van der Waals surface area contributed by atoms with Crippen LogP contribution in [0.4, 0.5) is 0 Å². The van der Waals surface area contributed by atoms with Crippen LogP contribution in [0.15, 0.2) is 4.99 Å². The molecular formula is C17H34N4. The van der Waals surface area contributed by atoms with Gasteiger partial charge < -0.3 is 15.1 Å². The third-order valence-electron chi connectivity index (χ3n) is 5.10. The van der Waals surface area contributed by atoms with Crippen molar-refractivity contribution >= 4 is 5.96 Å². The van der Waals surface area contributed by atoms with E-state index in [9.17, 15) is 0 Å². The van der Waals surface area contributed by atoms with Gasteiger partial charge >= 0.3 is 0 Å². The van der Waals surface area contributed by atoms with Crippen LogP contribution >= 0.6 is 0 Å². The van der Waals surface area contributed by atoms with E-state index in [1.54, 1.807) is 0 Å². The monoisotopic (exact) mass is 294 g/mol. The van der Waals surface area contributed by atoms with Gasteiger partial charge in [-0.2, -0.15) is 0 Å². The molecule has 3 atom stereocenters. The second-order valence-corrected chi connectivity index (χ2v) is 6.67. The van der Waals surface area contributed by atoms with Crippen LogP contribution in [-0.4, -0.2) is 61.6 Å². The molecule has 0 aromatic rings. The Kier molecular flexibility index (Phi) is 6.34. The summed E-state index contributed by atoms with van der Waals surface area (Å²) in [5.74, 6) is 2.83. The van der Waals surface area contributed by atoms with E-state index >= 15 is 0 Å². The van der Waals surface area contributed by atoms with E-state index < -0.39 is 0 Å². The van der Waals surface area contributed by atoms with Crippen LogP contribution in [0.5, 0.6) is 0 Å².